The van der Waals surface area contributed by atoms with Crippen molar-refractivity contribution in [1.82, 2.24) is 15.1 Å². The van der Waals surface area contributed by atoms with Crippen LogP contribution in [0.4, 0.5) is 4.79 Å². The molecule has 202 valence electrons. The van der Waals surface area contributed by atoms with Crippen molar-refractivity contribution in [2.75, 3.05) is 26.7 Å². The van der Waals surface area contributed by atoms with Gasteiger partial charge in [0.25, 0.3) is 0 Å². The first-order chi connectivity index (χ1) is 15.7. The molecule has 3 aliphatic heterocycles. The third kappa shape index (κ3) is 5.43. The van der Waals surface area contributed by atoms with Crippen LogP contribution < -0.4 is 5.32 Å². The number of ether oxygens (including phenoxy) is 1. The number of fused-ring (bicyclic) bond motifs is 1. The zero-order chi connectivity index (χ0) is 26.8. The number of hydrogen-bond acceptors (Lipinski definition) is 6. The molecule has 0 aliphatic carbocycles. The molecule has 0 spiro atoms. The highest BCUT2D eigenvalue weighted by atomic mass is 28.4. The zero-order valence-corrected chi connectivity index (χ0v) is 26.1. The number of nitrogens with zero attached hydrogens (tertiary/aromatic N) is 2. The number of amides is 3. The first-order valence-corrected chi connectivity index (χ1v) is 18.8. The number of carbonyl (C=O) groups excluding carboxylic acids is 2. The van der Waals surface area contributed by atoms with E-state index in [1.165, 1.54) is 0 Å². The van der Waals surface area contributed by atoms with E-state index >= 15 is 0 Å². The predicted molar refractivity (Wildman–Crippen MR) is 143 cm³/mol. The number of carbonyl (C=O) groups is 2. The smallest absolute Gasteiger partial charge is 0.326 e. The predicted octanol–water partition coefficient (Wildman–Crippen LogP) is 4.39. The van der Waals surface area contributed by atoms with Gasteiger partial charge in [-0.25, -0.2) is 4.79 Å². The first-order valence-electron chi connectivity index (χ1n) is 13.0. The maximum Gasteiger partial charge on any atom is 0.326 e. The normalized spacial score (nSPS) is 33.3. The number of urea groups is 1. The molecule has 1 N–H and O–H groups in total. The summed E-state index contributed by atoms with van der Waals surface area (Å²) < 4.78 is 20.1. The summed E-state index contributed by atoms with van der Waals surface area (Å²) in [6.07, 6.45) is -0.307. The largest absolute Gasteiger partial charge is 0.414 e. The Balaban J connectivity index is 1.87. The average Bonchev–Trinajstić information content (AvgIpc) is 3.18. The van der Waals surface area contributed by atoms with E-state index in [0.717, 1.165) is 0 Å². The van der Waals surface area contributed by atoms with Gasteiger partial charge < -0.3 is 18.5 Å². The lowest BCUT2D eigenvalue weighted by Crippen LogP contribution is -2.67. The lowest BCUT2D eigenvalue weighted by Gasteiger charge is -2.44. The molecule has 35 heavy (non-hydrogen) atoms. The van der Waals surface area contributed by atoms with Gasteiger partial charge in [-0.2, -0.15) is 0 Å². The molecule has 8 nitrogen and oxygen atoms in total. The molecule has 0 bridgehead atoms. The summed E-state index contributed by atoms with van der Waals surface area (Å²) in [6.45, 7) is 26.0. The van der Waals surface area contributed by atoms with Crippen LogP contribution in [0.15, 0.2) is 0 Å². The molecular weight excluding hydrogens is 478 g/mol. The van der Waals surface area contributed by atoms with Crippen LogP contribution in [-0.2, 0) is 18.4 Å². The van der Waals surface area contributed by atoms with Crippen molar-refractivity contribution in [3.05, 3.63) is 0 Å². The minimum atomic E-state index is -2.09. The maximum atomic E-state index is 13.1. The van der Waals surface area contributed by atoms with Gasteiger partial charge in [-0.05, 0) is 50.2 Å². The second-order valence-corrected chi connectivity index (χ2v) is 23.7. The summed E-state index contributed by atoms with van der Waals surface area (Å²) in [5.74, 6) is -0.196. The van der Waals surface area contributed by atoms with E-state index in [1.54, 1.807) is 4.90 Å². The van der Waals surface area contributed by atoms with E-state index in [0.29, 0.717) is 26.1 Å². The minimum absolute atomic E-state index is 0.0532. The highest BCUT2D eigenvalue weighted by Gasteiger charge is 2.58. The van der Waals surface area contributed by atoms with E-state index in [-0.39, 0.29) is 40.3 Å². The Morgan fingerprint density at radius 1 is 1.06 bits per heavy atom. The molecule has 3 amide bonds. The monoisotopic (exact) mass is 527 g/mol. The number of imide groups is 1. The van der Waals surface area contributed by atoms with Crippen LogP contribution in [-0.4, -0.2) is 89.6 Å². The summed E-state index contributed by atoms with van der Waals surface area (Å²) in [7, 11) is -2.09. The van der Waals surface area contributed by atoms with Crippen LogP contribution >= 0.6 is 0 Å². The first kappa shape index (κ1) is 28.8. The molecule has 3 rings (SSSR count). The lowest BCUT2D eigenvalue weighted by molar-refractivity contribution is -0.139. The number of rotatable bonds is 6. The summed E-state index contributed by atoms with van der Waals surface area (Å²) in [5.41, 5.74) is -0.655. The van der Waals surface area contributed by atoms with Gasteiger partial charge in [0.2, 0.25) is 5.91 Å². The second-order valence-electron chi connectivity index (χ2n) is 14.1. The number of likely N-dealkylation sites (tertiary alicyclic amines) is 1. The minimum Gasteiger partial charge on any atom is -0.414 e. The van der Waals surface area contributed by atoms with Gasteiger partial charge >= 0.3 is 6.03 Å². The molecule has 3 aliphatic rings. The van der Waals surface area contributed by atoms with Crippen LogP contribution in [0.1, 0.15) is 54.9 Å². The Kier molecular flexibility index (Phi) is 7.56. The standard InChI is InChI=1S/C25H49N3O5Si2/c1-23(2,3)34(9,10)31-15-18-17(33-35(11,12)24(4,5)6)13-20(32-18)28-19-14-27(8)16-25(19,7)21(29)26-22(28)30/h17-20H,13-16H2,1-12H3,(H,26,29,30)/t17-,18+,19?,20+,25?/m0/s1. The van der Waals surface area contributed by atoms with Gasteiger partial charge in [0.05, 0.1) is 24.2 Å². The van der Waals surface area contributed by atoms with Crippen molar-refractivity contribution in [1.29, 1.82) is 0 Å². The fourth-order valence-electron chi connectivity index (χ4n) is 4.83. The Labute approximate surface area is 214 Å². The van der Waals surface area contributed by atoms with Crippen LogP contribution in [0.2, 0.25) is 36.3 Å². The third-order valence-electron chi connectivity index (χ3n) is 9.29. The van der Waals surface area contributed by atoms with Crippen LogP contribution in [0.5, 0.6) is 0 Å². The molecule has 2 unspecified atom stereocenters. The Morgan fingerprint density at radius 3 is 2.17 bits per heavy atom. The average molecular weight is 528 g/mol. The van der Waals surface area contributed by atoms with Gasteiger partial charge in [-0.15, -0.1) is 0 Å². The van der Waals surface area contributed by atoms with Gasteiger partial charge in [-0.1, -0.05) is 41.5 Å². The van der Waals surface area contributed by atoms with Crippen molar-refractivity contribution in [3.63, 3.8) is 0 Å². The summed E-state index contributed by atoms with van der Waals surface area (Å²) in [6, 6.07) is -0.595. The highest BCUT2D eigenvalue weighted by molar-refractivity contribution is 6.74. The highest BCUT2D eigenvalue weighted by Crippen LogP contribution is 2.44. The molecular formula is C25H49N3O5Si2. The van der Waals surface area contributed by atoms with Crippen molar-refractivity contribution in [2.24, 2.45) is 5.41 Å². The summed E-state index contributed by atoms with van der Waals surface area (Å²) >= 11 is 0. The molecule has 3 heterocycles. The molecule has 0 aromatic rings. The van der Waals surface area contributed by atoms with Crippen LogP contribution in [0.25, 0.3) is 0 Å². The number of hydrogen-bond donors (Lipinski definition) is 1. The molecule has 5 atom stereocenters. The van der Waals surface area contributed by atoms with Crippen molar-refractivity contribution < 1.29 is 23.2 Å². The lowest BCUT2D eigenvalue weighted by atomic mass is 9.81. The summed E-state index contributed by atoms with van der Waals surface area (Å²) in [5, 5.41) is 2.74. The van der Waals surface area contributed by atoms with E-state index in [4.69, 9.17) is 13.6 Å². The van der Waals surface area contributed by atoms with Crippen molar-refractivity contribution in [3.8, 4) is 0 Å². The van der Waals surface area contributed by atoms with E-state index in [1.807, 2.05) is 14.0 Å². The van der Waals surface area contributed by atoms with Crippen molar-refractivity contribution in [2.45, 2.75) is 116 Å². The van der Waals surface area contributed by atoms with Crippen LogP contribution in [0.3, 0.4) is 0 Å². The van der Waals surface area contributed by atoms with E-state index in [2.05, 4.69) is 77.9 Å². The Bertz CT molecular complexity index is 838. The van der Waals surface area contributed by atoms with Gasteiger partial charge in [-0.3, -0.25) is 15.0 Å². The Hall–Kier alpha value is -0.786. The third-order valence-corrected chi connectivity index (χ3v) is 18.3. The molecule has 3 saturated heterocycles. The summed E-state index contributed by atoms with van der Waals surface area (Å²) in [4.78, 5) is 29.8. The molecule has 3 fully saturated rings. The molecule has 10 heteroatoms. The van der Waals surface area contributed by atoms with E-state index in [9.17, 15) is 9.59 Å². The quantitative estimate of drug-likeness (QED) is 0.516. The molecule has 0 radical (unpaired) electrons. The fraction of sp³-hybridized carbons (Fsp3) is 0.920. The number of likely N-dealkylation sites (N-methyl/N-ethyl adjacent to an activating group) is 1. The van der Waals surface area contributed by atoms with Gasteiger partial charge in [0.1, 0.15) is 12.3 Å². The Morgan fingerprint density at radius 2 is 1.63 bits per heavy atom. The van der Waals surface area contributed by atoms with Crippen LogP contribution in [0, 0.1) is 5.41 Å². The SMILES string of the molecule is CN1CC2N([C@H]3C[C@H](O[Si](C)(C)C(C)(C)C)[C@@H](CO[Si](C)(C)C(C)(C)C)O3)C(=O)NC(=O)C2(C)C1. The zero-order valence-electron chi connectivity index (χ0n) is 24.1. The van der Waals surface area contributed by atoms with Crippen molar-refractivity contribution >= 4 is 28.6 Å². The second kappa shape index (κ2) is 9.20. The van der Waals surface area contributed by atoms with Gasteiger partial charge in [0.15, 0.2) is 16.6 Å². The van der Waals surface area contributed by atoms with E-state index < -0.39 is 28.3 Å². The maximum absolute atomic E-state index is 13.1. The van der Waals surface area contributed by atoms with Gasteiger partial charge in [0, 0.05) is 19.5 Å². The molecule has 0 aromatic carbocycles. The molecule has 0 aromatic heterocycles. The fourth-order valence-corrected chi connectivity index (χ4v) is 7.20. The topological polar surface area (TPSA) is 80.3 Å². The molecule has 0 saturated carbocycles. The number of nitrogens with one attached hydrogen (secondary N) is 1.